The Kier molecular flexibility index (Phi) is 4.80. The van der Waals surface area contributed by atoms with Gasteiger partial charge in [0.25, 0.3) is 0 Å². The molecule has 1 rings (SSSR count). The molecule has 4 heteroatoms. The Labute approximate surface area is 105 Å². The second-order valence-corrected chi connectivity index (χ2v) is 4.18. The number of esters is 1. The topological polar surface area (TPSA) is 29.5 Å². The molecule has 16 heavy (non-hydrogen) atoms. The van der Waals surface area contributed by atoms with E-state index in [0.29, 0.717) is 5.56 Å². The van der Waals surface area contributed by atoms with Crippen molar-refractivity contribution in [1.29, 1.82) is 0 Å². The number of hydrogen-bond acceptors (Lipinski definition) is 3. The third kappa shape index (κ3) is 2.76. The first kappa shape index (κ1) is 13.0. The maximum Gasteiger partial charge on any atom is 0.337 e. The summed E-state index contributed by atoms with van der Waals surface area (Å²) in [5.74, 6) is -0.305. The summed E-state index contributed by atoms with van der Waals surface area (Å²) >= 11 is 3.49. The Hall–Kier alpha value is -1.03. The first-order chi connectivity index (χ1) is 7.63. The molecule has 0 atom stereocenters. The minimum absolute atomic E-state index is 0.305. The molecule has 0 unspecified atom stereocenters. The quantitative estimate of drug-likeness (QED) is 0.797. The number of rotatable bonds is 4. The maximum absolute atomic E-state index is 11.4. The number of carbonyl (C=O) groups is 1. The molecule has 0 N–H and O–H groups in total. The molecule has 0 aliphatic rings. The molecular weight excluding hydrogens is 270 g/mol. The molecule has 0 saturated heterocycles. The minimum Gasteiger partial charge on any atom is -0.465 e. The van der Waals surface area contributed by atoms with Crippen molar-refractivity contribution < 1.29 is 9.53 Å². The molecule has 0 aliphatic heterocycles. The first-order valence-corrected chi connectivity index (χ1v) is 6.06. The largest absolute Gasteiger partial charge is 0.465 e. The molecule has 0 amide bonds. The number of nitrogens with zero attached hydrogens (tertiary/aromatic N) is 1. The summed E-state index contributed by atoms with van der Waals surface area (Å²) < 4.78 is 5.70. The van der Waals surface area contributed by atoms with E-state index < -0.39 is 0 Å². The van der Waals surface area contributed by atoms with Gasteiger partial charge in [-0.15, -0.1) is 0 Å². The van der Waals surface area contributed by atoms with Crippen LogP contribution in [-0.4, -0.2) is 26.2 Å². The number of hydrogen-bond donors (Lipinski definition) is 0. The highest BCUT2D eigenvalue weighted by Gasteiger charge is 2.11. The minimum atomic E-state index is -0.305. The molecule has 0 saturated carbocycles. The predicted molar refractivity (Wildman–Crippen MR) is 69.0 cm³/mol. The zero-order valence-electron chi connectivity index (χ0n) is 9.79. The van der Waals surface area contributed by atoms with Gasteiger partial charge < -0.3 is 9.64 Å². The highest BCUT2D eigenvalue weighted by atomic mass is 79.9. The van der Waals surface area contributed by atoms with Crippen LogP contribution in [0, 0.1) is 0 Å². The molecule has 0 heterocycles. The average Bonchev–Trinajstić information content (AvgIpc) is 2.32. The predicted octanol–water partition coefficient (Wildman–Crippen LogP) is 3.08. The summed E-state index contributed by atoms with van der Waals surface area (Å²) in [4.78, 5) is 13.6. The Morgan fingerprint density at radius 3 is 2.50 bits per heavy atom. The summed E-state index contributed by atoms with van der Waals surface area (Å²) in [6.07, 6.45) is 0. The molecule has 0 fully saturated rings. The van der Waals surface area contributed by atoms with E-state index in [9.17, 15) is 4.79 Å². The van der Waals surface area contributed by atoms with Gasteiger partial charge in [-0.05, 0) is 48.0 Å². The molecule has 3 nitrogen and oxygen atoms in total. The van der Waals surface area contributed by atoms with Crippen molar-refractivity contribution in [2.45, 2.75) is 13.8 Å². The van der Waals surface area contributed by atoms with Gasteiger partial charge in [-0.25, -0.2) is 4.79 Å². The van der Waals surface area contributed by atoms with Crippen molar-refractivity contribution in [3.05, 3.63) is 28.2 Å². The standard InChI is InChI=1S/C12H16BrNO2/c1-4-14(5-2)11-8-9(12(15)16-3)6-7-10(11)13/h6-8H,4-5H2,1-3H3. The van der Waals surface area contributed by atoms with Crippen LogP contribution < -0.4 is 4.90 Å². The lowest BCUT2D eigenvalue weighted by atomic mass is 10.2. The second kappa shape index (κ2) is 5.89. The van der Waals surface area contributed by atoms with E-state index in [0.717, 1.165) is 23.2 Å². The fourth-order valence-corrected chi connectivity index (χ4v) is 2.06. The Bertz CT molecular complexity index is 375. The van der Waals surface area contributed by atoms with Crippen LogP contribution in [-0.2, 0) is 4.74 Å². The average molecular weight is 286 g/mol. The third-order valence-electron chi connectivity index (χ3n) is 2.47. The maximum atomic E-state index is 11.4. The van der Waals surface area contributed by atoms with E-state index in [-0.39, 0.29) is 5.97 Å². The normalized spacial score (nSPS) is 10.0. The van der Waals surface area contributed by atoms with Crippen LogP contribution in [0.3, 0.4) is 0 Å². The van der Waals surface area contributed by atoms with E-state index in [1.807, 2.05) is 12.1 Å². The van der Waals surface area contributed by atoms with Gasteiger partial charge in [-0.2, -0.15) is 0 Å². The van der Waals surface area contributed by atoms with Crippen molar-refractivity contribution >= 4 is 27.6 Å². The molecule has 88 valence electrons. The van der Waals surface area contributed by atoms with Crippen LogP contribution in [0.4, 0.5) is 5.69 Å². The highest BCUT2D eigenvalue weighted by molar-refractivity contribution is 9.10. The van der Waals surface area contributed by atoms with Gasteiger partial charge in [0.05, 0.1) is 18.4 Å². The number of ether oxygens (including phenoxy) is 1. The lowest BCUT2D eigenvalue weighted by molar-refractivity contribution is 0.0601. The van der Waals surface area contributed by atoms with E-state index in [1.165, 1.54) is 7.11 Å². The van der Waals surface area contributed by atoms with E-state index in [4.69, 9.17) is 4.74 Å². The van der Waals surface area contributed by atoms with Gasteiger partial charge in [-0.1, -0.05) is 0 Å². The summed E-state index contributed by atoms with van der Waals surface area (Å²) in [6.45, 7) is 5.97. The fourth-order valence-electron chi connectivity index (χ4n) is 1.56. The van der Waals surface area contributed by atoms with Crippen molar-refractivity contribution in [1.82, 2.24) is 0 Å². The van der Waals surface area contributed by atoms with Gasteiger partial charge in [0.1, 0.15) is 0 Å². The smallest absolute Gasteiger partial charge is 0.337 e. The van der Waals surface area contributed by atoms with Crippen molar-refractivity contribution in [2.75, 3.05) is 25.1 Å². The monoisotopic (exact) mass is 285 g/mol. The van der Waals surface area contributed by atoms with Crippen LogP contribution >= 0.6 is 15.9 Å². The van der Waals surface area contributed by atoms with Crippen LogP contribution in [0.5, 0.6) is 0 Å². The number of benzene rings is 1. The van der Waals surface area contributed by atoms with Gasteiger partial charge in [0, 0.05) is 17.6 Å². The lowest BCUT2D eigenvalue weighted by Gasteiger charge is -2.22. The summed E-state index contributed by atoms with van der Waals surface area (Å²) in [5, 5.41) is 0. The molecule has 0 radical (unpaired) electrons. The number of carbonyl (C=O) groups excluding carboxylic acids is 1. The van der Waals surface area contributed by atoms with Crippen molar-refractivity contribution in [3.8, 4) is 0 Å². The summed E-state index contributed by atoms with van der Waals surface area (Å²) in [7, 11) is 1.39. The lowest BCUT2D eigenvalue weighted by Crippen LogP contribution is -2.22. The van der Waals surface area contributed by atoms with Crippen LogP contribution in [0.1, 0.15) is 24.2 Å². The van der Waals surface area contributed by atoms with E-state index >= 15 is 0 Å². The summed E-state index contributed by atoms with van der Waals surface area (Å²) in [5.41, 5.74) is 1.60. The SMILES string of the molecule is CCN(CC)c1cc(C(=O)OC)ccc1Br. The molecule has 1 aromatic rings. The van der Waals surface area contributed by atoms with Gasteiger partial charge in [0.15, 0.2) is 0 Å². The number of anilines is 1. The first-order valence-electron chi connectivity index (χ1n) is 5.26. The molecular formula is C12H16BrNO2. The van der Waals surface area contributed by atoms with Gasteiger partial charge in [0.2, 0.25) is 0 Å². The Morgan fingerprint density at radius 2 is 2.00 bits per heavy atom. The van der Waals surface area contributed by atoms with Gasteiger partial charge in [-0.3, -0.25) is 0 Å². The van der Waals surface area contributed by atoms with Crippen LogP contribution in [0.15, 0.2) is 22.7 Å². The molecule has 0 bridgehead atoms. The zero-order valence-corrected chi connectivity index (χ0v) is 11.4. The molecule has 0 spiro atoms. The van der Waals surface area contributed by atoms with Crippen molar-refractivity contribution in [3.63, 3.8) is 0 Å². The highest BCUT2D eigenvalue weighted by Crippen LogP contribution is 2.27. The number of halogens is 1. The zero-order chi connectivity index (χ0) is 12.1. The van der Waals surface area contributed by atoms with Gasteiger partial charge >= 0.3 is 5.97 Å². The van der Waals surface area contributed by atoms with E-state index in [1.54, 1.807) is 6.07 Å². The Morgan fingerprint density at radius 1 is 1.38 bits per heavy atom. The fraction of sp³-hybridized carbons (Fsp3) is 0.417. The third-order valence-corrected chi connectivity index (χ3v) is 3.14. The summed E-state index contributed by atoms with van der Waals surface area (Å²) in [6, 6.07) is 5.48. The van der Waals surface area contributed by atoms with Crippen LogP contribution in [0.2, 0.25) is 0 Å². The van der Waals surface area contributed by atoms with E-state index in [2.05, 4.69) is 34.7 Å². The van der Waals surface area contributed by atoms with Crippen LogP contribution in [0.25, 0.3) is 0 Å². The molecule has 1 aromatic carbocycles. The second-order valence-electron chi connectivity index (χ2n) is 3.33. The number of methoxy groups -OCH3 is 1. The molecule has 0 aliphatic carbocycles. The molecule has 0 aromatic heterocycles. The Balaban J connectivity index is 3.12. The van der Waals surface area contributed by atoms with Crippen molar-refractivity contribution in [2.24, 2.45) is 0 Å².